The van der Waals surface area contributed by atoms with E-state index in [1.165, 1.54) is 4.90 Å². The third-order valence-corrected chi connectivity index (χ3v) is 2.67. The maximum atomic E-state index is 11.9. The molecule has 0 aromatic heterocycles. The minimum Gasteiger partial charge on any atom is -0.481 e. The van der Waals surface area contributed by atoms with E-state index in [4.69, 9.17) is 14.9 Å². The maximum absolute atomic E-state index is 11.9. The van der Waals surface area contributed by atoms with Crippen LogP contribution in [-0.2, 0) is 9.53 Å². The Balaban J connectivity index is 2.47. The minimum absolute atomic E-state index is 0.116. The quantitative estimate of drug-likeness (QED) is 0.641. The zero-order valence-corrected chi connectivity index (χ0v) is 10.6. The van der Waals surface area contributed by atoms with Crippen molar-refractivity contribution in [3.8, 4) is 0 Å². The molecule has 3 unspecified atom stereocenters. The highest BCUT2D eigenvalue weighted by Crippen LogP contribution is 2.11. The van der Waals surface area contributed by atoms with Crippen LogP contribution in [0.25, 0.3) is 0 Å². The number of carboxylic acid groups (broad SMARTS) is 1. The standard InChI is InChI=1S/C11H20N2O5/c1-7(3-10(15)16)12-11(17)13-4-8(2)18-9(5-13)6-14/h7-9,14H,3-6H2,1-2H3,(H,12,17)(H,15,16). The van der Waals surface area contributed by atoms with Gasteiger partial charge in [0.05, 0.1) is 31.8 Å². The average Bonchev–Trinajstić information content (AvgIpc) is 2.26. The largest absolute Gasteiger partial charge is 0.481 e. The zero-order chi connectivity index (χ0) is 13.7. The molecule has 0 aromatic carbocycles. The molecule has 0 saturated carbocycles. The van der Waals surface area contributed by atoms with Gasteiger partial charge in [0.25, 0.3) is 0 Å². The molecule has 1 heterocycles. The molecule has 0 spiro atoms. The van der Waals surface area contributed by atoms with E-state index >= 15 is 0 Å². The number of amides is 2. The molecule has 7 nitrogen and oxygen atoms in total. The first-order valence-electron chi connectivity index (χ1n) is 5.96. The number of aliphatic hydroxyl groups is 1. The Bertz CT molecular complexity index is 310. The lowest BCUT2D eigenvalue weighted by Gasteiger charge is -2.36. The van der Waals surface area contributed by atoms with Gasteiger partial charge in [0.1, 0.15) is 0 Å². The van der Waals surface area contributed by atoms with Gasteiger partial charge in [0.15, 0.2) is 0 Å². The van der Waals surface area contributed by atoms with E-state index in [-0.39, 0.29) is 31.3 Å². The number of morpholine rings is 1. The van der Waals surface area contributed by atoms with Crippen LogP contribution in [-0.4, -0.2) is 65.1 Å². The van der Waals surface area contributed by atoms with E-state index in [1.807, 2.05) is 6.92 Å². The van der Waals surface area contributed by atoms with Gasteiger partial charge in [-0.3, -0.25) is 4.79 Å². The molecule has 0 aromatic rings. The molecule has 0 bridgehead atoms. The molecule has 0 radical (unpaired) electrons. The molecule has 7 heteroatoms. The molecule has 1 fully saturated rings. The monoisotopic (exact) mass is 260 g/mol. The van der Waals surface area contributed by atoms with E-state index < -0.39 is 12.0 Å². The van der Waals surface area contributed by atoms with Gasteiger partial charge >= 0.3 is 12.0 Å². The van der Waals surface area contributed by atoms with Crippen molar-refractivity contribution in [2.45, 2.75) is 38.5 Å². The predicted octanol–water partition coefficient (Wildman–Crippen LogP) is -0.359. The molecule has 3 atom stereocenters. The minimum atomic E-state index is -0.952. The number of rotatable bonds is 4. The summed E-state index contributed by atoms with van der Waals surface area (Å²) in [6.45, 7) is 4.07. The van der Waals surface area contributed by atoms with Crippen LogP contribution >= 0.6 is 0 Å². The Labute approximate surface area is 106 Å². The van der Waals surface area contributed by atoms with Crippen LogP contribution in [0.5, 0.6) is 0 Å². The van der Waals surface area contributed by atoms with E-state index in [2.05, 4.69) is 5.32 Å². The van der Waals surface area contributed by atoms with Crippen molar-refractivity contribution in [2.75, 3.05) is 19.7 Å². The number of aliphatic hydroxyl groups excluding tert-OH is 1. The van der Waals surface area contributed by atoms with Crippen molar-refractivity contribution >= 4 is 12.0 Å². The van der Waals surface area contributed by atoms with Gasteiger partial charge in [0.2, 0.25) is 0 Å². The number of nitrogens with zero attached hydrogens (tertiary/aromatic N) is 1. The molecule has 2 amide bonds. The van der Waals surface area contributed by atoms with Crippen molar-refractivity contribution < 1.29 is 24.5 Å². The molecule has 0 aliphatic carbocycles. The van der Waals surface area contributed by atoms with Crippen LogP contribution < -0.4 is 5.32 Å². The summed E-state index contributed by atoms with van der Waals surface area (Å²) in [5.74, 6) is -0.952. The highest BCUT2D eigenvalue weighted by Gasteiger charge is 2.28. The third kappa shape index (κ3) is 4.50. The number of aliphatic carboxylic acids is 1. The molecule has 1 aliphatic heterocycles. The van der Waals surface area contributed by atoms with Gasteiger partial charge in [0, 0.05) is 12.6 Å². The third-order valence-electron chi connectivity index (χ3n) is 2.67. The Hall–Kier alpha value is -1.34. The summed E-state index contributed by atoms with van der Waals surface area (Å²) in [6, 6.07) is -0.752. The fraction of sp³-hybridized carbons (Fsp3) is 0.818. The van der Waals surface area contributed by atoms with Gasteiger partial charge in [-0.15, -0.1) is 0 Å². The number of carbonyl (C=O) groups is 2. The molecular formula is C11H20N2O5. The molecular weight excluding hydrogens is 240 g/mol. The number of carbonyl (C=O) groups excluding carboxylic acids is 1. The molecule has 1 saturated heterocycles. The summed E-state index contributed by atoms with van der Waals surface area (Å²) in [4.78, 5) is 23.9. The number of ether oxygens (including phenoxy) is 1. The molecule has 1 aliphatic rings. The summed E-state index contributed by atoms with van der Waals surface area (Å²) < 4.78 is 5.42. The highest BCUT2D eigenvalue weighted by atomic mass is 16.5. The maximum Gasteiger partial charge on any atom is 0.317 e. The van der Waals surface area contributed by atoms with E-state index in [1.54, 1.807) is 6.92 Å². The lowest BCUT2D eigenvalue weighted by Crippen LogP contribution is -2.54. The second-order valence-electron chi connectivity index (χ2n) is 4.60. The van der Waals surface area contributed by atoms with E-state index in [9.17, 15) is 9.59 Å². The van der Waals surface area contributed by atoms with Crippen LogP contribution in [0.2, 0.25) is 0 Å². The Morgan fingerprint density at radius 1 is 1.50 bits per heavy atom. The van der Waals surface area contributed by atoms with Crippen molar-refractivity contribution in [3.05, 3.63) is 0 Å². The van der Waals surface area contributed by atoms with E-state index in [0.29, 0.717) is 13.1 Å². The first-order valence-corrected chi connectivity index (χ1v) is 5.96. The van der Waals surface area contributed by atoms with Gasteiger partial charge in [-0.25, -0.2) is 4.79 Å². The van der Waals surface area contributed by atoms with Crippen molar-refractivity contribution in [3.63, 3.8) is 0 Å². The van der Waals surface area contributed by atoms with Crippen LogP contribution in [0, 0.1) is 0 Å². The average molecular weight is 260 g/mol. The molecule has 104 valence electrons. The number of hydrogen-bond donors (Lipinski definition) is 3. The normalized spacial score (nSPS) is 25.6. The van der Waals surface area contributed by atoms with Crippen LogP contribution in [0.15, 0.2) is 0 Å². The SMILES string of the molecule is CC(CC(=O)O)NC(=O)N1CC(C)OC(CO)C1. The Kier molecular flexibility index (Phi) is 5.36. The highest BCUT2D eigenvalue weighted by molar-refractivity contribution is 5.76. The number of hydrogen-bond acceptors (Lipinski definition) is 4. The summed E-state index contributed by atoms with van der Waals surface area (Å²) in [5, 5.41) is 20.3. The van der Waals surface area contributed by atoms with Gasteiger partial charge in [-0.05, 0) is 13.8 Å². The van der Waals surface area contributed by atoms with Crippen molar-refractivity contribution in [1.29, 1.82) is 0 Å². The van der Waals surface area contributed by atoms with E-state index in [0.717, 1.165) is 0 Å². The smallest absolute Gasteiger partial charge is 0.317 e. The Morgan fingerprint density at radius 3 is 2.72 bits per heavy atom. The summed E-state index contributed by atoms with van der Waals surface area (Å²) in [7, 11) is 0. The van der Waals surface area contributed by atoms with Crippen LogP contribution in [0.4, 0.5) is 4.79 Å². The first-order chi connectivity index (χ1) is 8.42. The van der Waals surface area contributed by atoms with Crippen LogP contribution in [0.1, 0.15) is 20.3 Å². The van der Waals surface area contributed by atoms with Gasteiger partial charge in [-0.1, -0.05) is 0 Å². The number of nitrogens with one attached hydrogen (secondary N) is 1. The fourth-order valence-corrected chi connectivity index (χ4v) is 1.93. The van der Waals surface area contributed by atoms with Crippen molar-refractivity contribution in [1.82, 2.24) is 10.2 Å². The zero-order valence-electron chi connectivity index (χ0n) is 10.6. The topological polar surface area (TPSA) is 99.1 Å². The molecule has 3 N–H and O–H groups in total. The van der Waals surface area contributed by atoms with Gasteiger partial charge in [-0.2, -0.15) is 0 Å². The number of urea groups is 1. The summed E-state index contributed by atoms with van der Waals surface area (Å²) in [5.41, 5.74) is 0. The second-order valence-corrected chi connectivity index (χ2v) is 4.60. The Morgan fingerprint density at radius 2 is 2.17 bits per heavy atom. The lowest BCUT2D eigenvalue weighted by atomic mass is 10.2. The summed E-state index contributed by atoms with van der Waals surface area (Å²) >= 11 is 0. The first kappa shape index (κ1) is 14.7. The summed E-state index contributed by atoms with van der Waals surface area (Å²) in [6.07, 6.45) is -0.639. The lowest BCUT2D eigenvalue weighted by molar-refractivity contribution is -0.137. The fourth-order valence-electron chi connectivity index (χ4n) is 1.93. The second kappa shape index (κ2) is 6.55. The molecule has 1 rings (SSSR count). The van der Waals surface area contributed by atoms with Crippen LogP contribution in [0.3, 0.4) is 0 Å². The van der Waals surface area contributed by atoms with Gasteiger partial charge < -0.3 is 25.2 Å². The predicted molar refractivity (Wildman–Crippen MR) is 63.2 cm³/mol. The molecule has 18 heavy (non-hydrogen) atoms. The number of carboxylic acids is 1. The van der Waals surface area contributed by atoms with Crippen molar-refractivity contribution in [2.24, 2.45) is 0 Å².